The molecule has 4 rings (SSSR count). The van der Waals surface area contributed by atoms with Crippen molar-refractivity contribution in [3.63, 3.8) is 0 Å². The molecule has 36 heavy (non-hydrogen) atoms. The lowest BCUT2D eigenvalue weighted by Gasteiger charge is -2.47. The number of carboxylic acids is 1. The molecular formula is C24H30F3N5O4. The Labute approximate surface area is 207 Å². The van der Waals surface area contributed by atoms with E-state index in [1.165, 1.54) is 0 Å². The maximum absolute atomic E-state index is 12.8. The van der Waals surface area contributed by atoms with E-state index in [0.717, 1.165) is 23.6 Å². The number of pyridine rings is 1. The summed E-state index contributed by atoms with van der Waals surface area (Å²) in [5, 5.41) is 7.12. The molecule has 0 saturated carbocycles. The topological polar surface area (TPSA) is 99.0 Å². The zero-order valence-electron chi connectivity index (χ0n) is 20.6. The molecule has 1 N–H and O–H groups in total. The molecule has 1 atom stereocenters. The van der Waals surface area contributed by atoms with Crippen molar-refractivity contribution in [3.8, 4) is 5.82 Å². The second-order valence-electron chi connectivity index (χ2n) is 9.48. The van der Waals surface area contributed by atoms with Crippen molar-refractivity contribution in [3.05, 3.63) is 42.4 Å². The number of carbonyl (C=O) groups excluding carboxylic acids is 2. The molecule has 1 unspecified atom stereocenters. The van der Waals surface area contributed by atoms with Crippen molar-refractivity contribution in [2.75, 3.05) is 38.6 Å². The molecule has 196 valence electrons. The number of hydrogen-bond donors (Lipinski definition) is 1. The van der Waals surface area contributed by atoms with Crippen molar-refractivity contribution >= 4 is 23.5 Å². The Morgan fingerprint density at radius 2 is 1.86 bits per heavy atom. The number of carboxylic acid groups (broad SMARTS) is 1. The maximum Gasteiger partial charge on any atom is 0.490 e. The normalized spacial score (nSPS) is 18.4. The van der Waals surface area contributed by atoms with Crippen LogP contribution in [0.1, 0.15) is 32.4 Å². The second-order valence-corrected chi connectivity index (χ2v) is 9.48. The number of halogens is 3. The standard InChI is InChI=1S/C22H29N5O2.C2HF3O2/c1-16(2)13-19(28)25-12-9-22(15-25)18-8-6-11-26(18)21-17(7-5-10-23-21)27(22)14-20(29)24(3)4;3-2(4,5)1(6)7/h5-8,10-11,16H,9,12-15H2,1-4H3;(H,6,7). The fourth-order valence-corrected chi connectivity index (χ4v) is 4.53. The van der Waals surface area contributed by atoms with Crippen molar-refractivity contribution in [2.24, 2.45) is 5.92 Å². The minimum Gasteiger partial charge on any atom is -0.475 e. The Morgan fingerprint density at radius 1 is 1.19 bits per heavy atom. The van der Waals surface area contributed by atoms with E-state index in [-0.39, 0.29) is 18.4 Å². The van der Waals surface area contributed by atoms with Gasteiger partial charge in [0.15, 0.2) is 5.82 Å². The summed E-state index contributed by atoms with van der Waals surface area (Å²) >= 11 is 0. The van der Waals surface area contributed by atoms with Gasteiger partial charge in [-0.1, -0.05) is 13.8 Å². The van der Waals surface area contributed by atoms with Crippen LogP contribution < -0.4 is 4.90 Å². The predicted octanol–water partition coefficient (Wildman–Crippen LogP) is 2.89. The molecule has 4 heterocycles. The highest BCUT2D eigenvalue weighted by Gasteiger charge is 2.51. The first-order valence-electron chi connectivity index (χ1n) is 11.5. The summed E-state index contributed by atoms with van der Waals surface area (Å²) in [7, 11) is 3.55. The molecule has 12 heteroatoms. The van der Waals surface area contributed by atoms with Crippen LogP contribution in [0.4, 0.5) is 18.9 Å². The van der Waals surface area contributed by atoms with Gasteiger partial charge in [0, 0.05) is 46.0 Å². The van der Waals surface area contributed by atoms with E-state index in [4.69, 9.17) is 9.90 Å². The van der Waals surface area contributed by atoms with E-state index in [0.29, 0.717) is 25.4 Å². The number of aromatic nitrogens is 2. The van der Waals surface area contributed by atoms with Gasteiger partial charge in [-0.25, -0.2) is 9.78 Å². The number of aliphatic carboxylic acids is 1. The third kappa shape index (κ3) is 5.31. The highest BCUT2D eigenvalue weighted by Crippen LogP contribution is 2.47. The van der Waals surface area contributed by atoms with Gasteiger partial charge in [-0.3, -0.25) is 9.59 Å². The van der Waals surface area contributed by atoms with E-state index in [1.54, 1.807) is 25.2 Å². The lowest BCUT2D eigenvalue weighted by molar-refractivity contribution is -0.192. The predicted molar refractivity (Wildman–Crippen MR) is 126 cm³/mol. The van der Waals surface area contributed by atoms with Gasteiger partial charge in [-0.15, -0.1) is 0 Å². The van der Waals surface area contributed by atoms with E-state index >= 15 is 0 Å². The first-order chi connectivity index (χ1) is 16.8. The van der Waals surface area contributed by atoms with Crippen LogP contribution in [0.25, 0.3) is 5.82 Å². The number of amides is 2. The zero-order valence-corrected chi connectivity index (χ0v) is 20.6. The summed E-state index contributed by atoms with van der Waals surface area (Å²) in [5.41, 5.74) is 1.59. The quantitative estimate of drug-likeness (QED) is 0.681. The van der Waals surface area contributed by atoms with Gasteiger partial charge < -0.3 is 24.4 Å². The SMILES string of the molecule is CC(C)CC(=O)N1CCC2(C1)c1cccn1-c1ncccc1N2CC(=O)N(C)C.O=C(O)C(F)(F)F. The summed E-state index contributed by atoms with van der Waals surface area (Å²) < 4.78 is 33.8. The smallest absolute Gasteiger partial charge is 0.475 e. The number of fused-ring (bicyclic) bond motifs is 4. The molecule has 0 bridgehead atoms. The molecule has 1 saturated heterocycles. The molecule has 2 aromatic rings. The number of nitrogens with zero attached hydrogens (tertiary/aromatic N) is 5. The van der Waals surface area contributed by atoms with Gasteiger partial charge in [-0.2, -0.15) is 13.2 Å². The number of carbonyl (C=O) groups is 3. The Morgan fingerprint density at radius 3 is 2.44 bits per heavy atom. The molecule has 0 aromatic carbocycles. The fourth-order valence-electron chi connectivity index (χ4n) is 4.53. The van der Waals surface area contributed by atoms with E-state index in [9.17, 15) is 22.8 Å². The van der Waals surface area contributed by atoms with Crippen LogP contribution >= 0.6 is 0 Å². The van der Waals surface area contributed by atoms with Gasteiger partial charge >= 0.3 is 12.1 Å². The minimum atomic E-state index is -5.08. The van der Waals surface area contributed by atoms with Crippen LogP contribution in [-0.2, 0) is 19.9 Å². The molecule has 2 aromatic heterocycles. The Bertz CT molecular complexity index is 1130. The van der Waals surface area contributed by atoms with Gasteiger partial charge in [0.05, 0.1) is 17.9 Å². The average Bonchev–Trinajstić information content (AvgIpc) is 3.45. The summed E-state index contributed by atoms with van der Waals surface area (Å²) in [6.07, 6.45) is 0.0496. The molecule has 9 nitrogen and oxygen atoms in total. The average molecular weight is 510 g/mol. The van der Waals surface area contributed by atoms with Crippen LogP contribution in [0.15, 0.2) is 36.7 Å². The van der Waals surface area contributed by atoms with Crippen LogP contribution in [-0.4, -0.2) is 82.1 Å². The maximum atomic E-state index is 12.8. The molecule has 0 radical (unpaired) electrons. The van der Waals surface area contributed by atoms with Crippen molar-refractivity contribution in [1.82, 2.24) is 19.4 Å². The highest BCUT2D eigenvalue weighted by atomic mass is 19.4. The number of rotatable bonds is 4. The van der Waals surface area contributed by atoms with Crippen molar-refractivity contribution < 1.29 is 32.7 Å². The van der Waals surface area contributed by atoms with Crippen LogP contribution in [0.3, 0.4) is 0 Å². The number of likely N-dealkylation sites (tertiary alicyclic amines) is 1. The largest absolute Gasteiger partial charge is 0.490 e. The summed E-state index contributed by atoms with van der Waals surface area (Å²) in [6, 6.07) is 8.05. The number of hydrogen-bond acceptors (Lipinski definition) is 5. The van der Waals surface area contributed by atoms with Crippen LogP contribution in [0.5, 0.6) is 0 Å². The molecule has 1 spiro atoms. The Kier molecular flexibility index (Phi) is 7.65. The number of alkyl halides is 3. The molecule has 2 aliphatic heterocycles. The lowest BCUT2D eigenvalue weighted by atomic mass is 9.88. The summed E-state index contributed by atoms with van der Waals surface area (Å²) in [6.45, 7) is 5.67. The first-order valence-corrected chi connectivity index (χ1v) is 11.5. The van der Waals surface area contributed by atoms with Gasteiger partial charge in [0.1, 0.15) is 5.54 Å². The monoisotopic (exact) mass is 509 g/mol. The Hall–Kier alpha value is -3.57. The summed E-state index contributed by atoms with van der Waals surface area (Å²) in [4.78, 5) is 44.8. The van der Waals surface area contributed by atoms with E-state index < -0.39 is 17.7 Å². The van der Waals surface area contributed by atoms with Crippen LogP contribution in [0.2, 0.25) is 0 Å². The fraction of sp³-hybridized carbons (Fsp3) is 0.500. The molecule has 2 amide bonds. The molecular weight excluding hydrogens is 479 g/mol. The van der Waals surface area contributed by atoms with E-state index in [2.05, 4.69) is 34.4 Å². The Balaban J connectivity index is 0.000000454. The van der Waals surface area contributed by atoms with Crippen molar-refractivity contribution in [2.45, 2.75) is 38.4 Å². The zero-order chi connectivity index (χ0) is 26.8. The summed E-state index contributed by atoms with van der Waals surface area (Å²) in [5.74, 6) is -1.38. The number of anilines is 1. The molecule has 0 aliphatic carbocycles. The number of likely N-dealkylation sites (N-methyl/N-ethyl adjacent to an activating group) is 1. The minimum absolute atomic E-state index is 0.0335. The van der Waals surface area contributed by atoms with Gasteiger partial charge in [0.2, 0.25) is 11.8 Å². The first kappa shape index (κ1) is 27.0. The third-order valence-electron chi connectivity index (χ3n) is 6.25. The van der Waals surface area contributed by atoms with Gasteiger partial charge in [-0.05, 0) is 36.6 Å². The highest BCUT2D eigenvalue weighted by molar-refractivity contribution is 5.84. The molecule has 2 aliphatic rings. The van der Waals surface area contributed by atoms with Gasteiger partial charge in [0.25, 0.3) is 0 Å². The molecule has 1 fully saturated rings. The third-order valence-corrected chi connectivity index (χ3v) is 6.25. The van der Waals surface area contributed by atoms with E-state index in [1.807, 2.05) is 29.3 Å². The lowest BCUT2D eigenvalue weighted by Crippen LogP contribution is -2.55. The van der Waals surface area contributed by atoms with Crippen LogP contribution in [0, 0.1) is 5.92 Å². The van der Waals surface area contributed by atoms with Crippen molar-refractivity contribution in [1.29, 1.82) is 0 Å². The second kappa shape index (κ2) is 10.2.